The summed E-state index contributed by atoms with van der Waals surface area (Å²) >= 11 is 12.1. The third-order valence-corrected chi connectivity index (χ3v) is 7.01. The van der Waals surface area contributed by atoms with Gasteiger partial charge < -0.3 is 19.5 Å². The van der Waals surface area contributed by atoms with Crippen molar-refractivity contribution in [2.45, 2.75) is 39.3 Å². The number of aryl methyl sites for hydroxylation is 1. The number of halogens is 1. The molecule has 1 aliphatic heterocycles. The number of pyridine rings is 1. The van der Waals surface area contributed by atoms with Gasteiger partial charge in [0.05, 0.1) is 31.3 Å². The van der Waals surface area contributed by atoms with Crippen LogP contribution >= 0.6 is 23.8 Å². The summed E-state index contributed by atoms with van der Waals surface area (Å²) in [4.78, 5) is 18.6. The van der Waals surface area contributed by atoms with Gasteiger partial charge in [-0.15, -0.1) is 0 Å². The number of aromatic nitrogens is 2. The molecule has 4 rings (SSSR count). The van der Waals surface area contributed by atoms with Crippen LogP contribution in [0, 0.1) is 20.8 Å². The van der Waals surface area contributed by atoms with E-state index in [9.17, 15) is 4.79 Å². The Morgan fingerprint density at radius 2 is 2.00 bits per heavy atom. The molecule has 172 valence electrons. The van der Waals surface area contributed by atoms with E-state index in [-0.39, 0.29) is 24.5 Å². The molecular weight excluding hydrogens is 456 g/mol. The number of hydrogen-bond donors (Lipinski definition) is 1. The van der Waals surface area contributed by atoms with Crippen molar-refractivity contribution in [3.63, 3.8) is 0 Å². The summed E-state index contributed by atoms with van der Waals surface area (Å²) < 4.78 is 7.10. The van der Waals surface area contributed by atoms with Crippen LogP contribution in [0.3, 0.4) is 0 Å². The zero-order chi connectivity index (χ0) is 23.7. The Morgan fingerprint density at radius 1 is 1.21 bits per heavy atom. The van der Waals surface area contributed by atoms with Gasteiger partial charge in [-0.05, 0) is 74.4 Å². The van der Waals surface area contributed by atoms with Crippen molar-refractivity contribution in [3.05, 3.63) is 81.9 Å². The predicted molar refractivity (Wildman–Crippen MR) is 134 cm³/mol. The van der Waals surface area contributed by atoms with Gasteiger partial charge in [-0.25, -0.2) is 0 Å². The molecule has 1 saturated heterocycles. The molecule has 2 aromatic heterocycles. The number of carbonyl (C=O) groups excluding carboxylic acids is 1. The Balaban J connectivity index is 1.82. The molecule has 1 N–H and O–H groups in total. The lowest BCUT2D eigenvalue weighted by atomic mass is 9.96. The van der Waals surface area contributed by atoms with E-state index in [4.69, 9.17) is 28.6 Å². The quantitative estimate of drug-likeness (QED) is 0.394. The lowest BCUT2D eigenvalue weighted by Gasteiger charge is -2.28. The zero-order valence-electron chi connectivity index (χ0n) is 19.1. The second kappa shape index (κ2) is 9.53. The first-order chi connectivity index (χ1) is 15.8. The number of hydrogen-bond acceptors (Lipinski definition) is 4. The van der Waals surface area contributed by atoms with Crippen LogP contribution < -0.4 is 5.32 Å². The molecule has 1 aromatic carbocycles. The van der Waals surface area contributed by atoms with Gasteiger partial charge in [0.2, 0.25) is 0 Å². The monoisotopic (exact) mass is 482 g/mol. The number of benzene rings is 1. The summed E-state index contributed by atoms with van der Waals surface area (Å²) in [5, 5.41) is 4.77. The number of esters is 1. The Labute approximate surface area is 204 Å². The van der Waals surface area contributed by atoms with Crippen molar-refractivity contribution < 1.29 is 9.53 Å². The van der Waals surface area contributed by atoms with Crippen LogP contribution in [-0.2, 0) is 9.53 Å². The molecule has 0 saturated carbocycles. The van der Waals surface area contributed by atoms with E-state index in [0.29, 0.717) is 11.7 Å². The number of nitrogens with zero attached hydrogens (tertiary/aromatic N) is 3. The van der Waals surface area contributed by atoms with Crippen LogP contribution in [-0.4, -0.2) is 39.2 Å². The van der Waals surface area contributed by atoms with E-state index in [2.05, 4.69) is 45.7 Å². The van der Waals surface area contributed by atoms with Crippen LogP contribution in [0.25, 0.3) is 5.69 Å². The highest BCUT2D eigenvalue weighted by Crippen LogP contribution is 2.41. The minimum absolute atomic E-state index is 0.128. The maximum Gasteiger partial charge on any atom is 0.307 e. The highest BCUT2D eigenvalue weighted by Gasteiger charge is 2.41. The first kappa shape index (κ1) is 23.3. The summed E-state index contributed by atoms with van der Waals surface area (Å²) in [5.41, 5.74) is 6.29. The number of rotatable bonds is 6. The minimum atomic E-state index is -0.266. The second-order valence-electron chi connectivity index (χ2n) is 8.19. The maximum atomic E-state index is 11.9. The average molecular weight is 483 g/mol. The molecule has 2 atom stereocenters. The van der Waals surface area contributed by atoms with Crippen LogP contribution in [0.4, 0.5) is 0 Å². The Bertz CT molecular complexity index is 1190. The van der Waals surface area contributed by atoms with Gasteiger partial charge in [0.1, 0.15) is 0 Å². The third kappa shape index (κ3) is 4.35. The highest BCUT2D eigenvalue weighted by atomic mass is 35.5. The fraction of sp³-hybridized carbons (Fsp3) is 0.320. The van der Waals surface area contributed by atoms with Gasteiger partial charge in [0.15, 0.2) is 5.11 Å². The average Bonchev–Trinajstić information content (AvgIpc) is 3.29. The molecule has 3 heterocycles. The van der Waals surface area contributed by atoms with Crippen molar-refractivity contribution in [2.75, 3.05) is 13.7 Å². The first-order valence-corrected chi connectivity index (χ1v) is 11.6. The molecule has 33 heavy (non-hydrogen) atoms. The number of nitrogens with one attached hydrogen (secondary N) is 1. The van der Waals surface area contributed by atoms with Crippen molar-refractivity contribution in [3.8, 4) is 5.69 Å². The Kier molecular flexibility index (Phi) is 6.72. The lowest BCUT2D eigenvalue weighted by Crippen LogP contribution is -2.32. The van der Waals surface area contributed by atoms with Crippen molar-refractivity contribution >= 4 is 34.9 Å². The van der Waals surface area contributed by atoms with Gasteiger partial charge in [0.25, 0.3) is 0 Å². The molecule has 1 fully saturated rings. The SMILES string of the molecule is COC(=O)CCN1C(=S)NC(c2ccccn2)C1c1cc(C)n(-c2cccc(Cl)c2C)c1C. The fourth-order valence-corrected chi connectivity index (χ4v) is 5.10. The Morgan fingerprint density at radius 3 is 2.70 bits per heavy atom. The normalized spacial score (nSPS) is 17.8. The lowest BCUT2D eigenvalue weighted by molar-refractivity contribution is -0.140. The van der Waals surface area contributed by atoms with Gasteiger partial charge in [-0.3, -0.25) is 9.78 Å². The summed E-state index contributed by atoms with van der Waals surface area (Å²) in [6, 6.07) is 13.7. The molecule has 6 nitrogen and oxygen atoms in total. The molecule has 8 heteroatoms. The number of carbonyl (C=O) groups is 1. The smallest absolute Gasteiger partial charge is 0.307 e. The molecule has 1 aliphatic rings. The van der Waals surface area contributed by atoms with Crippen molar-refractivity contribution in [2.24, 2.45) is 0 Å². The molecule has 0 amide bonds. The molecule has 0 spiro atoms. The summed E-state index contributed by atoms with van der Waals surface area (Å²) in [6.45, 7) is 6.68. The minimum Gasteiger partial charge on any atom is -0.469 e. The van der Waals surface area contributed by atoms with Crippen LogP contribution in [0.15, 0.2) is 48.7 Å². The molecule has 3 aromatic rings. The van der Waals surface area contributed by atoms with E-state index in [1.54, 1.807) is 6.20 Å². The molecule has 0 aliphatic carbocycles. The molecule has 2 unspecified atom stereocenters. The first-order valence-electron chi connectivity index (χ1n) is 10.8. The van der Waals surface area contributed by atoms with Gasteiger partial charge in [0, 0.05) is 34.8 Å². The van der Waals surface area contributed by atoms with E-state index in [0.717, 1.165) is 38.9 Å². The molecule has 0 bridgehead atoms. The van der Waals surface area contributed by atoms with E-state index >= 15 is 0 Å². The summed E-state index contributed by atoms with van der Waals surface area (Å²) in [5.74, 6) is -0.266. The van der Waals surface area contributed by atoms with E-state index < -0.39 is 0 Å². The topological polar surface area (TPSA) is 59.4 Å². The largest absolute Gasteiger partial charge is 0.469 e. The van der Waals surface area contributed by atoms with E-state index in [1.807, 2.05) is 37.3 Å². The molecular formula is C25H27ClN4O2S. The van der Waals surface area contributed by atoms with E-state index in [1.165, 1.54) is 7.11 Å². The second-order valence-corrected chi connectivity index (χ2v) is 8.99. The predicted octanol–water partition coefficient (Wildman–Crippen LogP) is 4.99. The number of ether oxygens (including phenoxy) is 1. The fourth-order valence-electron chi connectivity index (χ4n) is 4.59. The zero-order valence-corrected chi connectivity index (χ0v) is 20.7. The summed E-state index contributed by atoms with van der Waals surface area (Å²) in [7, 11) is 1.40. The van der Waals surface area contributed by atoms with Crippen molar-refractivity contribution in [1.82, 2.24) is 19.8 Å². The van der Waals surface area contributed by atoms with Crippen LogP contribution in [0.1, 0.15) is 46.7 Å². The maximum absolute atomic E-state index is 11.9. The standard InChI is InChI=1S/C25H27ClN4O2S/c1-15-14-18(17(3)30(15)21-10-7-8-19(26)16(21)2)24-23(20-9-5-6-12-27-20)28-25(33)29(24)13-11-22(31)32-4/h5-10,12,14,23-24H,11,13H2,1-4H3,(H,28,33). The number of thiocarbonyl (C=S) groups is 1. The number of methoxy groups -OCH3 is 1. The van der Waals surface area contributed by atoms with Crippen molar-refractivity contribution in [1.29, 1.82) is 0 Å². The Hall–Kier alpha value is -2.90. The molecule has 0 radical (unpaired) electrons. The third-order valence-electron chi connectivity index (χ3n) is 6.25. The van der Waals surface area contributed by atoms with Gasteiger partial charge in [-0.1, -0.05) is 23.7 Å². The van der Waals surface area contributed by atoms with Crippen LogP contribution in [0.2, 0.25) is 5.02 Å². The highest BCUT2D eigenvalue weighted by molar-refractivity contribution is 7.80. The van der Waals surface area contributed by atoms with Crippen LogP contribution in [0.5, 0.6) is 0 Å². The summed E-state index contributed by atoms with van der Waals surface area (Å²) in [6.07, 6.45) is 2.03. The van der Waals surface area contributed by atoms with Gasteiger partial charge >= 0.3 is 5.97 Å². The van der Waals surface area contributed by atoms with Gasteiger partial charge in [-0.2, -0.15) is 0 Å².